The third-order valence-electron chi connectivity index (χ3n) is 4.41. The number of pyridine rings is 2. The number of aromatic nitrogens is 4. The fourth-order valence-corrected chi connectivity index (χ4v) is 3.00. The second kappa shape index (κ2) is 8.35. The molecule has 0 fully saturated rings. The minimum absolute atomic E-state index is 0.261. The van der Waals surface area contributed by atoms with Crippen molar-refractivity contribution in [3.05, 3.63) is 90.5 Å². The number of carbonyl (C=O) groups excluding carboxylic acids is 1. The summed E-state index contributed by atoms with van der Waals surface area (Å²) >= 11 is 0. The molecule has 0 aliphatic rings. The van der Waals surface area contributed by atoms with E-state index in [9.17, 15) is 4.79 Å². The summed E-state index contributed by atoms with van der Waals surface area (Å²) in [7, 11) is 1.49. The van der Waals surface area contributed by atoms with Crippen molar-refractivity contribution in [3.63, 3.8) is 0 Å². The van der Waals surface area contributed by atoms with Gasteiger partial charge in [-0.15, -0.1) is 0 Å². The van der Waals surface area contributed by atoms with E-state index in [1.165, 1.54) is 7.11 Å². The topological polar surface area (TPSA) is 81.9 Å². The van der Waals surface area contributed by atoms with Gasteiger partial charge in [-0.2, -0.15) is 5.10 Å². The number of hydrogen-bond acceptors (Lipinski definition) is 5. The van der Waals surface area contributed by atoms with Crippen LogP contribution in [0.4, 0.5) is 0 Å². The first-order chi connectivity index (χ1) is 14.3. The summed E-state index contributed by atoms with van der Waals surface area (Å²) in [4.78, 5) is 20.8. The highest BCUT2D eigenvalue weighted by Gasteiger charge is 2.16. The summed E-state index contributed by atoms with van der Waals surface area (Å²) in [5.41, 5.74) is 3.93. The molecule has 0 saturated carbocycles. The van der Waals surface area contributed by atoms with Crippen molar-refractivity contribution in [2.75, 3.05) is 7.11 Å². The molecule has 3 heterocycles. The van der Waals surface area contributed by atoms with Crippen molar-refractivity contribution in [1.29, 1.82) is 0 Å². The van der Waals surface area contributed by atoms with Crippen molar-refractivity contribution in [1.82, 2.24) is 25.1 Å². The Morgan fingerprint density at radius 3 is 2.59 bits per heavy atom. The molecular formula is C22H19N5O2. The van der Waals surface area contributed by atoms with E-state index in [2.05, 4.69) is 15.3 Å². The van der Waals surface area contributed by atoms with Crippen LogP contribution in [-0.2, 0) is 6.54 Å². The number of hydrogen-bond donors (Lipinski definition) is 1. The van der Waals surface area contributed by atoms with E-state index in [1.54, 1.807) is 30.7 Å². The molecule has 7 heteroatoms. The van der Waals surface area contributed by atoms with Gasteiger partial charge in [-0.1, -0.05) is 18.2 Å². The fourth-order valence-electron chi connectivity index (χ4n) is 3.00. The molecule has 0 unspecified atom stereocenters. The van der Waals surface area contributed by atoms with Crippen molar-refractivity contribution >= 4 is 5.91 Å². The number of amides is 1. The number of para-hydroxylation sites is 1. The minimum atomic E-state index is -0.261. The summed E-state index contributed by atoms with van der Waals surface area (Å²) in [5, 5.41) is 7.67. The Hall–Kier alpha value is -4.00. The first-order valence-corrected chi connectivity index (χ1v) is 9.08. The van der Waals surface area contributed by atoms with Gasteiger partial charge in [-0.3, -0.25) is 9.78 Å². The van der Waals surface area contributed by atoms with E-state index in [1.807, 2.05) is 53.3 Å². The van der Waals surface area contributed by atoms with E-state index in [-0.39, 0.29) is 5.91 Å². The Morgan fingerprint density at radius 1 is 1.03 bits per heavy atom. The maximum atomic E-state index is 12.7. The molecule has 3 aromatic heterocycles. The molecule has 0 saturated heterocycles. The molecule has 144 valence electrons. The van der Waals surface area contributed by atoms with Gasteiger partial charge in [0.05, 0.1) is 18.5 Å². The van der Waals surface area contributed by atoms with Gasteiger partial charge in [-0.25, -0.2) is 9.67 Å². The lowest BCUT2D eigenvalue weighted by Crippen LogP contribution is -2.23. The zero-order chi connectivity index (χ0) is 20.1. The number of rotatable bonds is 6. The van der Waals surface area contributed by atoms with Crippen molar-refractivity contribution < 1.29 is 9.53 Å². The molecule has 4 rings (SSSR count). The summed E-state index contributed by atoms with van der Waals surface area (Å²) in [6.07, 6.45) is 6.95. The monoisotopic (exact) mass is 385 g/mol. The quantitative estimate of drug-likeness (QED) is 0.551. The molecule has 1 amide bonds. The standard InChI is InChI=1S/C22H19N5O2/c1-29-22-19(8-5-11-24-22)21(28)25-14-17-15-27(18-6-3-2-4-7-18)26-20(17)16-9-12-23-13-10-16/h2-13,15H,14H2,1H3,(H,25,28). The number of benzene rings is 1. The van der Waals surface area contributed by atoms with Gasteiger partial charge in [0, 0.05) is 42.5 Å². The van der Waals surface area contributed by atoms with Crippen molar-refractivity contribution in [2.24, 2.45) is 0 Å². The van der Waals surface area contributed by atoms with Crippen LogP contribution in [-0.4, -0.2) is 32.8 Å². The molecule has 0 aliphatic heterocycles. The smallest absolute Gasteiger partial charge is 0.257 e. The highest BCUT2D eigenvalue weighted by atomic mass is 16.5. The Bertz CT molecular complexity index is 1110. The van der Waals surface area contributed by atoms with Crippen LogP contribution >= 0.6 is 0 Å². The number of carbonyl (C=O) groups is 1. The van der Waals surface area contributed by atoms with E-state index in [0.717, 1.165) is 22.5 Å². The SMILES string of the molecule is COc1ncccc1C(=O)NCc1cn(-c2ccccc2)nc1-c1ccncc1. The lowest BCUT2D eigenvalue weighted by molar-refractivity contribution is 0.0947. The van der Waals surface area contributed by atoms with E-state index < -0.39 is 0 Å². The van der Waals surface area contributed by atoms with Crippen LogP contribution in [0.15, 0.2) is 79.4 Å². The lowest BCUT2D eigenvalue weighted by Gasteiger charge is -2.08. The van der Waals surface area contributed by atoms with Crippen LogP contribution in [0.3, 0.4) is 0 Å². The van der Waals surface area contributed by atoms with Gasteiger partial charge in [0.2, 0.25) is 5.88 Å². The van der Waals surface area contributed by atoms with Crippen LogP contribution in [0.25, 0.3) is 16.9 Å². The molecule has 4 aromatic rings. The van der Waals surface area contributed by atoms with E-state index in [0.29, 0.717) is 18.0 Å². The highest BCUT2D eigenvalue weighted by Crippen LogP contribution is 2.23. The Balaban J connectivity index is 1.64. The fraction of sp³-hybridized carbons (Fsp3) is 0.0909. The van der Waals surface area contributed by atoms with Gasteiger partial charge in [-0.05, 0) is 36.4 Å². The van der Waals surface area contributed by atoms with Crippen LogP contribution in [0.5, 0.6) is 5.88 Å². The number of ether oxygens (including phenoxy) is 1. The lowest BCUT2D eigenvalue weighted by atomic mass is 10.1. The number of nitrogens with zero attached hydrogens (tertiary/aromatic N) is 4. The van der Waals surface area contributed by atoms with Gasteiger partial charge in [0.1, 0.15) is 5.56 Å². The predicted molar refractivity (Wildman–Crippen MR) is 109 cm³/mol. The second-order valence-corrected chi connectivity index (χ2v) is 6.26. The van der Waals surface area contributed by atoms with E-state index in [4.69, 9.17) is 9.84 Å². The van der Waals surface area contributed by atoms with Gasteiger partial charge >= 0.3 is 0 Å². The molecular weight excluding hydrogens is 366 g/mol. The molecule has 0 bridgehead atoms. The number of methoxy groups -OCH3 is 1. The maximum Gasteiger partial charge on any atom is 0.257 e. The van der Waals surface area contributed by atoms with Crippen LogP contribution in [0, 0.1) is 0 Å². The Morgan fingerprint density at radius 2 is 1.83 bits per heavy atom. The zero-order valence-corrected chi connectivity index (χ0v) is 15.8. The molecule has 0 radical (unpaired) electrons. The van der Waals surface area contributed by atoms with E-state index >= 15 is 0 Å². The molecule has 1 aromatic carbocycles. The van der Waals surface area contributed by atoms with Gasteiger partial charge in [0.25, 0.3) is 5.91 Å². The first-order valence-electron chi connectivity index (χ1n) is 9.08. The third kappa shape index (κ3) is 3.98. The molecule has 0 aliphatic carbocycles. The average molecular weight is 385 g/mol. The Labute approximate surface area is 168 Å². The molecule has 0 atom stereocenters. The van der Waals surface area contributed by atoms with Gasteiger partial charge < -0.3 is 10.1 Å². The molecule has 29 heavy (non-hydrogen) atoms. The summed E-state index contributed by atoms with van der Waals surface area (Å²) in [6.45, 7) is 0.307. The number of nitrogens with one attached hydrogen (secondary N) is 1. The van der Waals surface area contributed by atoms with Crippen molar-refractivity contribution in [2.45, 2.75) is 6.54 Å². The average Bonchev–Trinajstić information content (AvgIpc) is 3.23. The molecule has 1 N–H and O–H groups in total. The van der Waals surface area contributed by atoms with Crippen molar-refractivity contribution in [3.8, 4) is 22.8 Å². The summed E-state index contributed by atoms with van der Waals surface area (Å²) in [6, 6.07) is 17.0. The largest absolute Gasteiger partial charge is 0.480 e. The molecule has 0 spiro atoms. The Kier molecular flexibility index (Phi) is 5.29. The summed E-state index contributed by atoms with van der Waals surface area (Å²) < 4.78 is 6.99. The predicted octanol–water partition coefficient (Wildman–Crippen LogP) is 3.27. The second-order valence-electron chi connectivity index (χ2n) is 6.26. The molecule has 7 nitrogen and oxygen atoms in total. The zero-order valence-electron chi connectivity index (χ0n) is 15.8. The van der Waals surface area contributed by atoms with Gasteiger partial charge in [0.15, 0.2) is 0 Å². The summed E-state index contributed by atoms with van der Waals surface area (Å²) in [5.74, 6) is 0.0300. The normalized spacial score (nSPS) is 10.5. The first kappa shape index (κ1) is 18.4. The van der Waals surface area contributed by atoms with Crippen LogP contribution < -0.4 is 10.1 Å². The highest BCUT2D eigenvalue weighted by molar-refractivity contribution is 5.96. The van der Waals surface area contributed by atoms with Crippen LogP contribution in [0.1, 0.15) is 15.9 Å². The maximum absolute atomic E-state index is 12.7. The third-order valence-corrected chi connectivity index (χ3v) is 4.41. The minimum Gasteiger partial charge on any atom is -0.480 e. The van der Waals surface area contributed by atoms with Crippen LogP contribution in [0.2, 0.25) is 0 Å².